The molecule has 0 fully saturated rings. The summed E-state index contributed by atoms with van der Waals surface area (Å²) in [6, 6.07) is 126. The monoisotopic (exact) mass is 1330 g/mol. The fourth-order valence-electron chi connectivity index (χ4n) is 16.7. The van der Waals surface area contributed by atoms with Crippen LogP contribution in [-0.2, 0) is 13.1 Å². The molecular weight excluding hydrogens is 1250 g/mol. The number of aromatic nitrogens is 2. The summed E-state index contributed by atoms with van der Waals surface area (Å²) in [5.41, 5.74) is 32.7. The third kappa shape index (κ3) is 11.2. The molecule has 0 aliphatic heterocycles. The van der Waals surface area contributed by atoms with Crippen LogP contribution in [0.25, 0.3) is 187 Å². The molecule has 0 saturated carbocycles. The predicted molar refractivity (Wildman–Crippen MR) is 448 cm³/mol. The summed E-state index contributed by atoms with van der Waals surface area (Å²) < 4.78 is 4.83. The number of rotatable bonds is 11. The van der Waals surface area contributed by atoms with E-state index in [4.69, 9.17) is 0 Å². The molecule has 0 atom stereocenters. The Balaban J connectivity index is 0.000000149. The van der Waals surface area contributed by atoms with Crippen LogP contribution in [0, 0.1) is 27.7 Å². The third-order valence-electron chi connectivity index (χ3n) is 21.8. The third-order valence-corrected chi connectivity index (χ3v) is 21.8. The Morgan fingerprint density at radius 2 is 0.385 bits per heavy atom. The highest BCUT2D eigenvalue weighted by Gasteiger charge is 2.22. The smallest absolute Gasteiger partial charge is 0.0491 e. The molecule has 19 aromatic rings. The first-order valence-corrected chi connectivity index (χ1v) is 36.7. The Hall–Kier alpha value is -12.6. The number of aryl methyl sites for hydroxylation is 6. The molecule has 0 N–H and O–H groups in total. The van der Waals surface area contributed by atoms with Crippen molar-refractivity contribution in [3.05, 3.63) is 362 Å². The Kier molecular flexibility index (Phi) is 16.1. The first kappa shape index (κ1) is 63.5. The molecule has 0 spiro atoms. The summed E-state index contributed by atoms with van der Waals surface area (Å²) >= 11 is 0. The van der Waals surface area contributed by atoms with Gasteiger partial charge in [0.2, 0.25) is 0 Å². The minimum absolute atomic E-state index is 0.951. The van der Waals surface area contributed by atoms with Gasteiger partial charge in [0.25, 0.3) is 0 Å². The molecule has 19 rings (SSSR count). The molecule has 0 bridgehead atoms. The van der Waals surface area contributed by atoms with E-state index in [2.05, 4.69) is 390 Å². The summed E-state index contributed by atoms with van der Waals surface area (Å²) in [6.45, 7) is 15.2. The van der Waals surface area contributed by atoms with Gasteiger partial charge in [-0.25, -0.2) is 0 Å². The van der Waals surface area contributed by atoms with E-state index in [9.17, 15) is 0 Å². The molecule has 2 heteroatoms. The van der Waals surface area contributed by atoms with Crippen molar-refractivity contribution < 1.29 is 0 Å². The van der Waals surface area contributed by atoms with Crippen LogP contribution in [0.1, 0.15) is 36.1 Å². The van der Waals surface area contributed by atoms with Gasteiger partial charge in [0.05, 0.1) is 0 Å². The zero-order valence-corrected chi connectivity index (χ0v) is 59.6. The molecule has 0 aliphatic rings. The van der Waals surface area contributed by atoms with Crippen LogP contribution in [0.5, 0.6) is 0 Å². The molecule has 0 unspecified atom stereocenters. The van der Waals surface area contributed by atoms with Crippen molar-refractivity contribution in [3.8, 4) is 100 Å². The number of hydrogen-bond acceptors (Lipinski definition) is 0. The van der Waals surface area contributed by atoms with Crippen LogP contribution in [0.15, 0.2) is 340 Å². The van der Waals surface area contributed by atoms with Crippen LogP contribution < -0.4 is 0 Å². The largest absolute Gasteiger partial charge is 0.341 e. The summed E-state index contributed by atoms with van der Waals surface area (Å²) in [4.78, 5) is 0. The lowest BCUT2D eigenvalue weighted by atomic mass is 9.84. The number of fused-ring (bicyclic) bond motifs is 10. The molecule has 2 nitrogen and oxygen atoms in total. The predicted octanol–water partition coefficient (Wildman–Crippen LogP) is 28.5. The van der Waals surface area contributed by atoms with Gasteiger partial charge in [-0.2, -0.15) is 0 Å². The van der Waals surface area contributed by atoms with Gasteiger partial charge in [-0.15, -0.1) is 0 Å². The van der Waals surface area contributed by atoms with E-state index >= 15 is 0 Å². The highest BCUT2D eigenvalue weighted by Crippen LogP contribution is 2.48. The quantitative estimate of drug-likeness (QED) is 0.114. The number of para-hydroxylation sites is 2. The lowest BCUT2D eigenvalue weighted by molar-refractivity contribution is 0.827. The second-order valence-corrected chi connectivity index (χ2v) is 28.3. The molecular formula is C102H78N2. The molecule has 496 valence electrons. The topological polar surface area (TPSA) is 9.86 Å². The van der Waals surface area contributed by atoms with E-state index in [0.29, 0.717) is 0 Å². The summed E-state index contributed by atoms with van der Waals surface area (Å²) in [7, 11) is 0. The van der Waals surface area contributed by atoms with Crippen molar-refractivity contribution in [1.29, 1.82) is 0 Å². The number of nitrogens with zero attached hydrogens (tertiary/aromatic N) is 2. The van der Waals surface area contributed by atoms with Crippen molar-refractivity contribution in [2.45, 2.75) is 54.6 Å². The summed E-state index contributed by atoms with van der Waals surface area (Å²) in [5.74, 6) is 0. The van der Waals surface area contributed by atoms with Crippen LogP contribution in [-0.4, -0.2) is 9.13 Å². The first-order chi connectivity index (χ1) is 51.1. The highest BCUT2D eigenvalue weighted by atomic mass is 15.0. The van der Waals surface area contributed by atoms with Crippen LogP contribution in [0.4, 0.5) is 0 Å². The average Bonchev–Trinajstić information content (AvgIpc) is 1.13. The Morgan fingerprint density at radius 1 is 0.163 bits per heavy atom. The van der Waals surface area contributed by atoms with E-state index < -0.39 is 0 Å². The molecule has 0 amide bonds. The van der Waals surface area contributed by atoms with Crippen molar-refractivity contribution in [1.82, 2.24) is 9.13 Å². The number of hydrogen-bond donors (Lipinski definition) is 0. The average molecular weight is 1330 g/mol. The Morgan fingerprint density at radius 3 is 0.663 bits per heavy atom. The normalized spacial score (nSPS) is 11.6. The summed E-state index contributed by atoms with van der Waals surface area (Å²) in [5, 5.41) is 15.5. The minimum atomic E-state index is 0.951. The molecule has 0 radical (unpaired) electrons. The zero-order valence-electron chi connectivity index (χ0n) is 59.6. The van der Waals surface area contributed by atoms with E-state index in [1.807, 2.05) is 0 Å². The van der Waals surface area contributed by atoms with Crippen LogP contribution >= 0.6 is 0 Å². The molecule has 17 aromatic carbocycles. The number of benzene rings is 17. The second-order valence-electron chi connectivity index (χ2n) is 28.3. The van der Waals surface area contributed by atoms with Gasteiger partial charge in [0, 0.05) is 56.7 Å². The minimum Gasteiger partial charge on any atom is -0.341 e. The van der Waals surface area contributed by atoms with E-state index in [0.717, 1.165) is 13.1 Å². The first-order valence-electron chi connectivity index (χ1n) is 36.7. The van der Waals surface area contributed by atoms with Crippen molar-refractivity contribution in [3.63, 3.8) is 0 Å². The van der Waals surface area contributed by atoms with Gasteiger partial charge in [0.15, 0.2) is 0 Å². The van der Waals surface area contributed by atoms with Crippen molar-refractivity contribution in [2.75, 3.05) is 0 Å². The maximum absolute atomic E-state index is 2.42. The SMILES string of the molecule is CCn1c2ccccc2c2cc(-c3ccc(-c4c5ccc(C)cc5c(-c5ccc(-c6ccc(-c7ccccc7)cc6)cc5)c5ccc(C)cc45)cc3)ccc21.CCn1c2ccccc2c2cc(-c3ccc(-c4c5ccc(C)cc5c(-c5ccc(-c6ccccc6)cc5)c5ccc(C)cc45)cc3)ccc21. The van der Waals surface area contributed by atoms with Gasteiger partial charge < -0.3 is 9.13 Å². The van der Waals surface area contributed by atoms with Gasteiger partial charge in [-0.1, -0.05) is 326 Å². The van der Waals surface area contributed by atoms with Gasteiger partial charge in [-0.3, -0.25) is 0 Å². The van der Waals surface area contributed by atoms with Gasteiger partial charge in [0.1, 0.15) is 0 Å². The second kappa shape index (κ2) is 26.4. The highest BCUT2D eigenvalue weighted by molar-refractivity contribution is 6.23. The maximum atomic E-state index is 2.42. The zero-order chi connectivity index (χ0) is 70.1. The molecule has 0 saturated heterocycles. The molecule has 0 aliphatic carbocycles. The van der Waals surface area contributed by atoms with Gasteiger partial charge in [-0.05, 0) is 221 Å². The van der Waals surface area contributed by atoms with Crippen molar-refractivity contribution in [2.24, 2.45) is 0 Å². The lowest BCUT2D eigenvalue weighted by Crippen LogP contribution is -1.93. The fourth-order valence-corrected chi connectivity index (χ4v) is 16.7. The van der Waals surface area contributed by atoms with E-state index in [-0.39, 0.29) is 0 Å². The molecule has 2 aromatic heterocycles. The van der Waals surface area contributed by atoms with Gasteiger partial charge >= 0.3 is 0 Å². The Labute approximate surface area is 608 Å². The van der Waals surface area contributed by atoms with Crippen molar-refractivity contribution >= 4 is 86.7 Å². The lowest BCUT2D eigenvalue weighted by Gasteiger charge is -2.19. The standard InChI is InChI=1S/C54H41N.C48H37N/c1-4-55-51-13-9-8-12-45(51)48-34-44(28-31-52(48)55)41-22-26-43(27-23-41)54-47-30-15-35(2)32-49(47)53(46-29-14-36(3)33-50(46)54)42-24-20-40(21-25-42)39-18-16-38(17-19-39)37-10-6-5-7-11-37;1-4-49-45-13-9-8-12-39(45)42-30-38(24-27-46(42)49)35-18-22-37(23-19-35)48-41-26-15-31(2)28-43(41)47(40-25-14-32(3)29-44(40)48)36-20-16-34(17-21-36)33-10-6-5-7-11-33/h5-34H,4H2,1-3H3;5-30H,4H2,1-3H3. The molecule has 104 heavy (non-hydrogen) atoms. The maximum Gasteiger partial charge on any atom is 0.0491 e. The van der Waals surface area contributed by atoms with E-state index in [1.165, 1.54) is 209 Å². The van der Waals surface area contributed by atoms with E-state index in [1.54, 1.807) is 0 Å². The molecule has 2 heterocycles. The Bertz CT molecular complexity index is 6510. The fraction of sp³-hybridized carbons (Fsp3) is 0.0784. The van der Waals surface area contributed by atoms with Crippen LogP contribution in [0.2, 0.25) is 0 Å². The summed E-state index contributed by atoms with van der Waals surface area (Å²) in [6.07, 6.45) is 0. The van der Waals surface area contributed by atoms with Crippen LogP contribution in [0.3, 0.4) is 0 Å².